The van der Waals surface area contributed by atoms with Gasteiger partial charge >= 0.3 is 0 Å². The summed E-state index contributed by atoms with van der Waals surface area (Å²) in [5, 5.41) is 3.04. The normalized spacial score (nSPS) is 10.2. The molecule has 1 aromatic rings. The topological polar surface area (TPSA) is 50.3 Å². The largest absolute Gasteiger partial charge is 0.383 e. The molecule has 90 valence electrons. The van der Waals surface area contributed by atoms with Crippen molar-refractivity contribution in [2.24, 2.45) is 0 Å². The van der Waals surface area contributed by atoms with Crippen molar-refractivity contribution in [3.63, 3.8) is 0 Å². The molecular formula is C11H20N4O. The number of hydrogen-bond donors (Lipinski definition) is 1. The van der Waals surface area contributed by atoms with Crippen molar-refractivity contribution >= 4 is 11.6 Å². The Morgan fingerprint density at radius 2 is 2.19 bits per heavy atom. The third-order valence-corrected chi connectivity index (χ3v) is 2.35. The van der Waals surface area contributed by atoms with E-state index in [1.54, 1.807) is 7.11 Å². The third kappa shape index (κ3) is 3.34. The van der Waals surface area contributed by atoms with Gasteiger partial charge in [-0.25, -0.2) is 9.97 Å². The van der Waals surface area contributed by atoms with E-state index >= 15 is 0 Å². The molecule has 0 atom stereocenters. The molecule has 1 heterocycles. The van der Waals surface area contributed by atoms with Crippen LogP contribution in [0.25, 0.3) is 0 Å². The van der Waals surface area contributed by atoms with Crippen LogP contribution >= 0.6 is 0 Å². The molecule has 0 spiro atoms. The molecule has 5 nitrogen and oxygen atoms in total. The Morgan fingerprint density at radius 3 is 2.75 bits per heavy atom. The minimum atomic E-state index is 0.691. The highest BCUT2D eigenvalue weighted by molar-refractivity contribution is 5.48. The number of aromatic nitrogens is 2. The zero-order chi connectivity index (χ0) is 12.0. The van der Waals surface area contributed by atoms with Gasteiger partial charge in [-0.15, -0.1) is 0 Å². The average Bonchev–Trinajstić information content (AvgIpc) is 2.35. The van der Waals surface area contributed by atoms with Crippen LogP contribution in [0.5, 0.6) is 0 Å². The lowest BCUT2D eigenvalue weighted by Gasteiger charge is -2.18. The van der Waals surface area contributed by atoms with Gasteiger partial charge < -0.3 is 15.0 Å². The summed E-state index contributed by atoms with van der Waals surface area (Å²) < 4.78 is 5.05. The number of hydrogen-bond acceptors (Lipinski definition) is 5. The molecule has 0 aliphatic carbocycles. The monoisotopic (exact) mass is 224 g/mol. The van der Waals surface area contributed by atoms with Gasteiger partial charge in [-0.1, -0.05) is 6.92 Å². The number of aryl methyl sites for hydroxylation is 1. The maximum atomic E-state index is 5.05. The molecule has 1 N–H and O–H groups in total. The first-order valence-electron chi connectivity index (χ1n) is 5.47. The van der Waals surface area contributed by atoms with Gasteiger partial charge in [-0.3, -0.25) is 0 Å². The summed E-state index contributed by atoms with van der Waals surface area (Å²) in [4.78, 5) is 10.9. The van der Waals surface area contributed by atoms with Crippen LogP contribution in [-0.4, -0.2) is 44.3 Å². The molecule has 0 aliphatic rings. The Hall–Kier alpha value is -1.36. The van der Waals surface area contributed by atoms with Crippen molar-refractivity contribution in [1.29, 1.82) is 0 Å². The summed E-state index contributed by atoms with van der Waals surface area (Å²) in [6.45, 7) is 3.56. The zero-order valence-electron chi connectivity index (χ0n) is 10.4. The Labute approximate surface area is 96.8 Å². The van der Waals surface area contributed by atoms with Gasteiger partial charge in [-0.05, 0) is 0 Å². The SMILES string of the molecule is CCc1nc(NC)cc(N(C)CCOC)n1. The highest BCUT2D eigenvalue weighted by Gasteiger charge is 2.06. The lowest BCUT2D eigenvalue weighted by atomic mass is 10.4. The van der Waals surface area contributed by atoms with E-state index in [0.717, 1.165) is 30.4 Å². The first kappa shape index (κ1) is 12.7. The van der Waals surface area contributed by atoms with Crippen LogP contribution in [0, 0.1) is 0 Å². The van der Waals surface area contributed by atoms with E-state index in [2.05, 4.69) is 20.2 Å². The lowest BCUT2D eigenvalue weighted by molar-refractivity contribution is 0.206. The molecule has 0 bridgehead atoms. The molecule has 0 aliphatic heterocycles. The maximum absolute atomic E-state index is 5.05. The molecule has 1 rings (SSSR count). The van der Waals surface area contributed by atoms with Gasteiger partial charge in [0.25, 0.3) is 0 Å². The molecule has 0 saturated heterocycles. The van der Waals surface area contributed by atoms with Gasteiger partial charge in [0.2, 0.25) is 0 Å². The fourth-order valence-electron chi connectivity index (χ4n) is 1.31. The summed E-state index contributed by atoms with van der Waals surface area (Å²) in [7, 11) is 5.56. The van der Waals surface area contributed by atoms with Crippen LogP contribution in [-0.2, 0) is 11.2 Å². The van der Waals surface area contributed by atoms with Crippen LogP contribution in [0.3, 0.4) is 0 Å². The van der Waals surface area contributed by atoms with E-state index in [4.69, 9.17) is 4.74 Å². The minimum Gasteiger partial charge on any atom is -0.383 e. The standard InChI is InChI=1S/C11H20N4O/c1-5-9-13-10(12-2)8-11(14-9)15(3)6-7-16-4/h8H,5-7H2,1-4H3,(H,12,13,14). The van der Waals surface area contributed by atoms with E-state index in [0.29, 0.717) is 6.61 Å². The fraction of sp³-hybridized carbons (Fsp3) is 0.636. The molecule has 1 aromatic heterocycles. The molecule has 0 unspecified atom stereocenters. The molecule has 0 aromatic carbocycles. The predicted molar refractivity (Wildman–Crippen MR) is 66.1 cm³/mol. The van der Waals surface area contributed by atoms with Crippen molar-refractivity contribution in [2.45, 2.75) is 13.3 Å². The average molecular weight is 224 g/mol. The molecule has 0 saturated carbocycles. The molecule has 16 heavy (non-hydrogen) atoms. The first-order chi connectivity index (χ1) is 7.71. The number of rotatable bonds is 6. The first-order valence-corrected chi connectivity index (χ1v) is 5.47. The van der Waals surface area contributed by atoms with Crippen molar-refractivity contribution in [1.82, 2.24) is 9.97 Å². The van der Waals surface area contributed by atoms with E-state index < -0.39 is 0 Å². The summed E-state index contributed by atoms with van der Waals surface area (Å²) in [6.07, 6.45) is 0.834. The Bertz CT molecular complexity index is 308. The Morgan fingerprint density at radius 1 is 1.44 bits per heavy atom. The second kappa shape index (κ2) is 6.27. The lowest BCUT2D eigenvalue weighted by Crippen LogP contribution is -2.23. The van der Waals surface area contributed by atoms with Crippen molar-refractivity contribution < 1.29 is 4.74 Å². The summed E-state index contributed by atoms with van der Waals surface area (Å²) in [5.74, 6) is 2.63. The van der Waals surface area contributed by atoms with Gasteiger partial charge in [-0.2, -0.15) is 0 Å². The number of likely N-dealkylation sites (N-methyl/N-ethyl adjacent to an activating group) is 1. The summed E-state index contributed by atoms with van der Waals surface area (Å²) in [6, 6.07) is 1.94. The third-order valence-electron chi connectivity index (χ3n) is 2.35. The van der Waals surface area contributed by atoms with Crippen LogP contribution in [0.1, 0.15) is 12.7 Å². The number of nitrogens with one attached hydrogen (secondary N) is 1. The molecule has 5 heteroatoms. The molecular weight excluding hydrogens is 204 g/mol. The highest BCUT2D eigenvalue weighted by atomic mass is 16.5. The molecule has 0 amide bonds. The van der Waals surface area contributed by atoms with Gasteiger partial charge in [0, 0.05) is 40.2 Å². The fourth-order valence-corrected chi connectivity index (χ4v) is 1.31. The van der Waals surface area contributed by atoms with Crippen molar-refractivity contribution in [2.75, 3.05) is 44.6 Å². The number of anilines is 2. The molecule has 0 fully saturated rings. The smallest absolute Gasteiger partial charge is 0.134 e. The second-order valence-corrected chi connectivity index (χ2v) is 3.55. The number of ether oxygens (including phenoxy) is 1. The summed E-state index contributed by atoms with van der Waals surface area (Å²) >= 11 is 0. The van der Waals surface area contributed by atoms with E-state index in [1.165, 1.54) is 0 Å². The van der Waals surface area contributed by atoms with E-state index in [-0.39, 0.29) is 0 Å². The molecule has 0 radical (unpaired) electrons. The van der Waals surface area contributed by atoms with Crippen LogP contribution in [0.4, 0.5) is 11.6 Å². The predicted octanol–water partition coefficient (Wildman–Crippen LogP) is 1.16. The van der Waals surface area contributed by atoms with Gasteiger partial charge in [0.05, 0.1) is 6.61 Å². The summed E-state index contributed by atoms with van der Waals surface area (Å²) in [5.41, 5.74) is 0. The Kier molecular flexibility index (Phi) is 4.98. The van der Waals surface area contributed by atoms with Crippen LogP contribution < -0.4 is 10.2 Å². The number of nitrogens with zero attached hydrogens (tertiary/aromatic N) is 3. The Balaban J connectivity index is 2.85. The van der Waals surface area contributed by atoms with E-state index in [9.17, 15) is 0 Å². The maximum Gasteiger partial charge on any atom is 0.134 e. The van der Waals surface area contributed by atoms with Crippen molar-refractivity contribution in [3.05, 3.63) is 11.9 Å². The van der Waals surface area contributed by atoms with Gasteiger partial charge in [0.1, 0.15) is 17.5 Å². The van der Waals surface area contributed by atoms with Crippen molar-refractivity contribution in [3.8, 4) is 0 Å². The van der Waals surface area contributed by atoms with E-state index in [1.807, 2.05) is 27.1 Å². The highest BCUT2D eigenvalue weighted by Crippen LogP contribution is 2.14. The van der Waals surface area contributed by atoms with Crippen LogP contribution in [0.2, 0.25) is 0 Å². The second-order valence-electron chi connectivity index (χ2n) is 3.55. The zero-order valence-corrected chi connectivity index (χ0v) is 10.4. The minimum absolute atomic E-state index is 0.691. The van der Waals surface area contributed by atoms with Crippen LogP contribution in [0.15, 0.2) is 6.07 Å². The quantitative estimate of drug-likeness (QED) is 0.786. The van der Waals surface area contributed by atoms with Gasteiger partial charge in [0.15, 0.2) is 0 Å². The number of methoxy groups -OCH3 is 1.